The number of hydrogen-bond donors (Lipinski definition) is 2. The number of phenolic OH excluding ortho intramolecular Hbond substituents is 1. The maximum Gasteiger partial charge on any atom is 0.255 e. The zero-order valence-corrected chi connectivity index (χ0v) is 10.1. The van der Waals surface area contributed by atoms with Gasteiger partial charge in [-0.05, 0) is 19.1 Å². The Bertz CT molecular complexity index is 511. The number of hydrogen-bond acceptors (Lipinski definition) is 4. The van der Waals surface area contributed by atoms with Crippen LogP contribution in [0.25, 0.3) is 0 Å². The summed E-state index contributed by atoms with van der Waals surface area (Å²) in [6.07, 6.45) is 1.70. The van der Waals surface area contributed by atoms with Gasteiger partial charge in [-0.2, -0.15) is 0 Å². The average Bonchev–Trinajstić information content (AvgIpc) is 2.82. The molecule has 4 nitrogen and oxygen atoms in total. The summed E-state index contributed by atoms with van der Waals surface area (Å²) in [7, 11) is 0. The highest BCUT2D eigenvalue weighted by molar-refractivity contribution is 7.09. The summed E-state index contributed by atoms with van der Waals surface area (Å²) in [6.45, 7) is 1.86. The van der Waals surface area contributed by atoms with E-state index in [1.54, 1.807) is 24.4 Å². The number of aromatic hydroxyl groups is 1. The predicted octanol–water partition coefficient (Wildman–Crippen LogP) is 2.34. The number of thiazole rings is 1. The molecule has 2 rings (SSSR count). The van der Waals surface area contributed by atoms with E-state index in [1.165, 1.54) is 17.4 Å². The lowest BCUT2D eigenvalue weighted by Gasteiger charge is -2.11. The Morgan fingerprint density at radius 1 is 1.47 bits per heavy atom. The van der Waals surface area contributed by atoms with Crippen molar-refractivity contribution in [2.75, 3.05) is 0 Å². The number of nitrogens with one attached hydrogen (secondary N) is 1. The van der Waals surface area contributed by atoms with Crippen LogP contribution in [0.1, 0.15) is 28.3 Å². The van der Waals surface area contributed by atoms with E-state index in [-0.39, 0.29) is 23.3 Å². The van der Waals surface area contributed by atoms with Crippen molar-refractivity contribution in [3.05, 3.63) is 46.4 Å². The molecule has 0 spiro atoms. The first-order valence-corrected chi connectivity index (χ1v) is 6.04. The van der Waals surface area contributed by atoms with Crippen LogP contribution in [0.15, 0.2) is 35.8 Å². The fraction of sp³-hybridized carbons (Fsp3) is 0.167. The number of carbonyl (C=O) groups excluding carboxylic acids is 1. The maximum absolute atomic E-state index is 11.9. The fourth-order valence-corrected chi connectivity index (χ4v) is 2.10. The Hall–Kier alpha value is -1.88. The number of para-hydroxylation sites is 1. The van der Waals surface area contributed by atoms with Gasteiger partial charge >= 0.3 is 0 Å². The van der Waals surface area contributed by atoms with Crippen LogP contribution in [0.5, 0.6) is 5.75 Å². The van der Waals surface area contributed by atoms with Crippen LogP contribution in [0.2, 0.25) is 0 Å². The summed E-state index contributed by atoms with van der Waals surface area (Å²) in [5.41, 5.74) is 0.274. The lowest BCUT2D eigenvalue weighted by Crippen LogP contribution is -2.26. The second-order valence-electron chi connectivity index (χ2n) is 3.58. The Morgan fingerprint density at radius 3 is 2.88 bits per heavy atom. The molecule has 5 heteroatoms. The van der Waals surface area contributed by atoms with Crippen molar-refractivity contribution in [2.24, 2.45) is 0 Å². The molecule has 0 saturated heterocycles. The van der Waals surface area contributed by atoms with E-state index in [0.29, 0.717) is 0 Å². The first-order valence-electron chi connectivity index (χ1n) is 5.16. The largest absolute Gasteiger partial charge is 0.507 e. The standard InChI is InChI=1S/C12H12N2O2S/c1-8(12-13-6-7-17-12)14-11(16)9-4-2-3-5-10(9)15/h2-8,15H,1H3,(H,14,16). The van der Waals surface area contributed by atoms with Crippen molar-refractivity contribution in [3.63, 3.8) is 0 Å². The highest BCUT2D eigenvalue weighted by atomic mass is 32.1. The van der Waals surface area contributed by atoms with Crippen LogP contribution < -0.4 is 5.32 Å². The van der Waals surface area contributed by atoms with Gasteiger partial charge in [-0.15, -0.1) is 11.3 Å². The number of phenols is 1. The third kappa shape index (κ3) is 2.62. The van der Waals surface area contributed by atoms with E-state index >= 15 is 0 Å². The van der Waals surface area contributed by atoms with Gasteiger partial charge in [-0.3, -0.25) is 4.79 Å². The second-order valence-corrected chi connectivity index (χ2v) is 4.51. The molecular weight excluding hydrogens is 236 g/mol. The molecule has 1 heterocycles. The molecule has 1 unspecified atom stereocenters. The summed E-state index contributed by atoms with van der Waals surface area (Å²) < 4.78 is 0. The molecule has 17 heavy (non-hydrogen) atoms. The van der Waals surface area contributed by atoms with Crippen LogP contribution in [0, 0.1) is 0 Å². The Kier molecular flexibility index (Phi) is 3.39. The SMILES string of the molecule is CC(NC(=O)c1ccccc1O)c1nccs1. The second kappa shape index (κ2) is 4.97. The van der Waals surface area contributed by atoms with E-state index in [1.807, 2.05) is 12.3 Å². The van der Waals surface area contributed by atoms with Gasteiger partial charge in [0.15, 0.2) is 0 Å². The summed E-state index contributed by atoms with van der Waals surface area (Å²) in [6, 6.07) is 6.29. The van der Waals surface area contributed by atoms with E-state index in [2.05, 4.69) is 10.3 Å². The van der Waals surface area contributed by atoms with Crippen molar-refractivity contribution in [3.8, 4) is 5.75 Å². The molecular formula is C12H12N2O2S. The maximum atomic E-state index is 11.9. The van der Waals surface area contributed by atoms with Crippen molar-refractivity contribution < 1.29 is 9.90 Å². The minimum atomic E-state index is -0.300. The minimum absolute atomic E-state index is 0.0173. The van der Waals surface area contributed by atoms with E-state index in [9.17, 15) is 9.90 Å². The molecule has 0 saturated carbocycles. The van der Waals surface area contributed by atoms with Crippen molar-refractivity contribution >= 4 is 17.2 Å². The van der Waals surface area contributed by atoms with Crippen LogP contribution in [0.3, 0.4) is 0 Å². The zero-order valence-electron chi connectivity index (χ0n) is 9.25. The fourth-order valence-electron chi connectivity index (χ4n) is 1.45. The quantitative estimate of drug-likeness (QED) is 0.876. The van der Waals surface area contributed by atoms with E-state index < -0.39 is 0 Å². The van der Waals surface area contributed by atoms with Crippen molar-refractivity contribution in [1.29, 1.82) is 0 Å². The number of amides is 1. The number of nitrogens with zero attached hydrogens (tertiary/aromatic N) is 1. The topological polar surface area (TPSA) is 62.2 Å². The van der Waals surface area contributed by atoms with Crippen molar-refractivity contribution in [1.82, 2.24) is 10.3 Å². The van der Waals surface area contributed by atoms with Crippen LogP contribution in [0.4, 0.5) is 0 Å². The molecule has 1 aromatic heterocycles. The first kappa shape index (κ1) is 11.6. The van der Waals surface area contributed by atoms with Gasteiger partial charge in [-0.25, -0.2) is 4.98 Å². The molecule has 0 aliphatic rings. The monoisotopic (exact) mass is 248 g/mol. The van der Waals surface area contributed by atoms with Gasteiger partial charge in [0.1, 0.15) is 10.8 Å². The summed E-state index contributed by atoms with van der Waals surface area (Å²) >= 11 is 1.48. The normalized spacial score (nSPS) is 12.1. The van der Waals surface area contributed by atoms with Gasteiger partial charge in [0.05, 0.1) is 11.6 Å². The lowest BCUT2D eigenvalue weighted by molar-refractivity contribution is 0.0937. The van der Waals surface area contributed by atoms with E-state index in [4.69, 9.17) is 0 Å². The highest BCUT2D eigenvalue weighted by Crippen LogP contribution is 2.19. The van der Waals surface area contributed by atoms with Gasteiger partial charge in [0, 0.05) is 11.6 Å². The number of carbonyl (C=O) groups is 1. The van der Waals surface area contributed by atoms with E-state index in [0.717, 1.165) is 5.01 Å². The van der Waals surface area contributed by atoms with Crippen LogP contribution >= 0.6 is 11.3 Å². The molecule has 0 aliphatic carbocycles. The molecule has 1 aromatic carbocycles. The molecule has 0 fully saturated rings. The molecule has 2 aromatic rings. The molecule has 1 amide bonds. The third-order valence-electron chi connectivity index (χ3n) is 2.32. The van der Waals surface area contributed by atoms with Gasteiger partial charge in [0.2, 0.25) is 0 Å². The molecule has 1 atom stereocenters. The molecule has 0 aliphatic heterocycles. The Labute approximate surface area is 103 Å². The van der Waals surface area contributed by atoms with Gasteiger partial charge in [-0.1, -0.05) is 12.1 Å². The van der Waals surface area contributed by atoms with Crippen LogP contribution in [-0.4, -0.2) is 16.0 Å². The third-order valence-corrected chi connectivity index (χ3v) is 3.28. The predicted molar refractivity (Wildman–Crippen MR) is 66.1 cm³/mol. The number of benzene rings is 1. The minimum Gasteiger partial charge on any atom is -0.507 e. The Balaban J connectivity index is 2.10. The first-order chi connectivity index (χ1) is 8.18. The van der Waals surface area contributed by atoms with Crippen LogP contribution in [-0.2, 0) is 0 Å². The van der Waals surface area contributed by atoms with Crippen molar-refractivity contribution in [2.45, 2.75) is 13.0 Å². The Morgan fingerprint density at radius 2 is 2.24 bits per heavy atom. The summed E-state index contributed by atoms with van der Waals surface area (Å²) in [5.74, 6) is -0.317. The highest BCUT2D eigenvalue weighted by Gasteiger charge is 2.15. The lowest BCUT2D eigenvalue weighted by atomic mass is 10.2. The summed E-state index contributed by atoms with van der Waals surface area (Å²) in [5, 5.41) is 15.0. The summed E-state index contributed by atoms with van der Waals surface area (Å²) in [4.78, 5) is 16.0. The molecule has 88 valence electrons. The zero-order chi connectivity index (χ0) is 12.3. The molecule has 0 bridgehead atoms. The van der Waals surface area contributed by atoms with Gasteiger partial charge in [0.25, 0.3) is 5.91 Å². The molecule has 2 N–H and O–H groups in total. The molecule has 0 radical (unpaired) electrons. The average molecular weight is 248 g/mol. The van der Waals surface area contributed by atoms with Gasteiger partial charge < -0.3 is 10.4 Å². The smallest absolute Gasteiger partial charge is 0.255 e. The number of aromatic nitrogens is 1. The number of rotatable bonds is 3.